The van der Waals surface area contributed by atoms with Crippen molar-refractivity contribution in [3.63, 3.8) is 0 Å². The number of rotatable bonds is 7. The first kappa shape index (κ1) is 16.8. The molecular formula is C17H16ClN2O3-. The lowest BCUT2D eigenvalue weighted by Crippen LogP contribution is -2.28. The highest BCUT2D eigenvalue weighted by Crippen LogP contribution is 2.21. The zero-order chi connectivity index (χ0) is 16.7. The molecule has 0 atom stereocenters. The van der Waals surface area contributed by atoms with Gasteiger partial charge in [0, 0.05) is 0 Å². The highest BCUT2D eigenvalue weighted by Gasteiger charge is 2.03. The van der Waals surface area contributed by atoms with Crippen LogP contribution >= 0.6 is 11.6 Å². The fourth-order valence-electron chi connectivity index (χ4n) is 1.91. The van der Waals surface area contributed by atoms with E-state index in [1.165, 1.54) is 0 Å². The van der Waals surface area contributed by atoms with E-state index in [-0.39, 0.29) is 0 Å². The molecule has 120 valence electrons. The topological polar surface area (TPSA) is 73.8 Å². The van der Waals surface area contributed by atoms with E-state index in [0.717, 1.165) is 23.4 Å². The van der Waals surface area contributed by atoms with Crippen molar-refractivity contribution in [1.82, 2.24) is 0 Å². The van der Waals surface area contributed by atoms with Crippen molar-refractivity contribution >= 4 is 29.0 Å². The number of anilines is 1. The second-order valence-electron chi connectivity index (χ2n) is 4.69. The third-order valence-electron chi connectivity index (χ3n) is 3.06. The van der Waals surface area contributed by atoms with Gasteiger partial charge in [-0.1, -0.05) is 30.7 Å². The maximum atomic E-state index is 10.4. The van der Waals surface area contributed by atoms with Crippen LogP contribution in [0.25, 0.3) is 0 Å². The molecule has 0 bridgehead atoms. The Morgan fingerprint density at radius 1 is 1.22 bits per heavy atom. The number of carboxylic acid groups (broad SMARTS) is 1. The van der Waals surface area contributed by atoms with Crippen molar-refractivity contribution in [3.05, 3.63) is 59.1 Å². The SMILES string of the molecule is CC/C(=N/Nc1ccccc1Cl)c1ccc(OCC(=O)[O-])cc1. The average Bonchev–Trinajstić information content (AvgIpc) is 2.56. The van der Waals surface area contributed by atoms with Gasteiger partial charge in [-0.25, -0.2) is 0 Å². The maximum Gasteiger partial charge on any atom is 0.128 e. The highest BCUT2D eigenvalue weighted by atomic mass is 35.5. The van der Waals surface area contributed by atoms with Crippen molar-refractivity contribution < 1.29 is 14.6 Å². The molecule has 0 aliphatic heterocycles. The van der Waals surface area contributed by atoms with E-state index in [1.807, 2.05) is 37.3 Å². The lowest BCUT2D eigenvalue weighted by Gasteiger charge is -2.09. The van der Waals surface area contributed by atoms with Crippen molar-refractivity contribution in [2.24, 2.45) is 5.10 Å². The summed E-state index contributed by atoms with van der Waals surface area (Å²) in [7, 11) is 0. The predicted molar refractivity (Wildman–Crippen MR) is 88.8 cm³/mol. The fourth-order valence-corrected chi connectivity index (χ4v) is 2.09. The van der Waals surface area contributed by atoms with Gasteiger partial charge in [0.1, 0.15) is 12.4 Å². The summed E-state index contributed by atoms with van der Waals surface area (Å²) < 4.78 is 5.05. The van der Waals surface area contributed by atoms with E-state index in [4.69, 9.17) is 16.3 Å². The van der Waals surface area contributed by atoms with Crippen LogP contribution < -0.4 is 15.3 Å². The van der Waals surface area contributed by atoms with Crippen LogP contribution in [0.3, 0.4) is 0 Å². The van der Waals surface area contributed by atoms with Crippen LogP contribution in [-0.2, 0) is 4.79 Å². The van der Waals surface area contributed by atoms with E-state index in [0.29, 0.717) is 10.8 Å². The molecule has 1 N–H and O–H groups in total. The molecule has 0 heterocycles. The second-order valence-corrected chi connectivity index (χ2v) is 5.10. The van der Waals surface area contributed by atoms with Gasteiger partial charge < -0.3 is 14.6 Å². The highest BCUT2D eigenvalue weighted by molar-refractivity contribution is 6.33. The van der Waals surface area contributed by atoms with Gasteiger partial charge in [-0.3, -0.25) is 5.43 Å². The van der Waals surface area contributed by atoms with Gasteiger partial charge in [0.05, 0.1) is 22.4 Å². The number of carboxylic acids is 1. The van der Waals surface area contributed by atoms with Crippen molar-refractivity contribution in [2.45, 2.75) is 13.3 Å². The lowest BCUT2D eigenvalue weighted by molar-refractivity contribution is -0.307. The van der Waals surface area contributed by atoms with Crippen LogP contribution in [0.15, 0.2) is 53.6 Å². The van der Waals surface area contributed by atoms with Gasteiger partial charge in [-0.15, -0.1) is 0 Å². The zero-order valence-corrected chi connectivity index (χ0v) is 13.3. The molecule has 0 aliphatic carbocycles. The van der Waals surface area contributed by atoms with Crippen LogP contribution in [0.1, 0.15) is 18.9 Å². The van der Waals surface area contributed by atoms with Crippen LogP contribution in [0.4, 0.5) is 5.69 Å². The smallest absolute Gasteiger partial charge is 0.128 e. The van der Waals surface area contributed by atoms with E-state index in [9.17, 15) is 9.90 Å². The van der Waals surface area contributed by atoms with Gasteiger partial charge in [0.25, 0.3) is 0 Å². The third kappa shape index (κ3) is 5.00. The molecule has 0 amide bonds. The van der Waals surface area contributed by atoms with E-state index in [1.54, 1.807) is 18.2 Å². The molecule has 0 saturated carbocycles. The van der Waals surface area contributed by atoms with Gasteiger partial charge in [-0.2, -0.15) is 5.10 Å². The molecule has 2 aromatic carbocycles. The first-order chi connectivity index (χ1) is 11.1. The minimum Gasteiger partial charge on any atom is -0.546 e. The molecule has 0 saturated heterocycles. The van der Waals surface area contributed by atoms with Gasteiger partial charge in [-0.05, 0) is 48.4 Å². The Morgan fingerprint density at radius 2 is 1.91 bits per heavy atom. The maximum absolute atomic E-state index is 10.4. The second kappa shape index (κ2) is 8.19. The number of para-hydroxylation sites is 1. The monoisotopic (exact) mass is 331 g/mol. The number of hydrazone groups is 1. The van der Waals surface area contributed by atoms with Gasteiger partial charge >= 0.3 is 0 Å². The van der Waals surface area contributed by atoms with E-state index in [2.05, 4.69) is 10.5 Å². The molecular weight excluding hydrogens is 316 g/mol. The van der Waals surface area contributed by atoms with Crippen LogP contribution in [0, 0.1) is 0 Å². The normalized spacial score (nSPS) is 11.1. The zero-order valence-electron chi connectivity index (χ0n) is 12.6. The number of ether oxygens (including phenoxy) is 1. The summed E-state index contributed by atoms with van der Waals surface area (Å²) in [4.78, 5) is 10.4. The molecule has 0 radical (unpaired) electrons. The first-order valence-corrected chi connectivity index (χ1v) is 7.48. The van der Waals surface area contributed by atoms with Crippen molar-refractivity contribution in [1.29, 1.82) is 0 Å². The van der Waals surface area contributed by atoms with E-state index >= 15 is 0 Å². The fraction of sp³-hybridized carbons (Fsp3) is 0.176. The Morgan fingerprint density at radius 3 is 2.52 bits per heavy atom. The van der Waals surface area contributed by atoms with Gasteiger partial charge in [0.2, 0.25) is 0 Å². The number of hydrogen-bond acceptors (Lipinski definition) is 5. The minimum absolute atomic E-state index is 0.465. The first-order valence-electron chi connectivity index (χ1n) is 7.10. The molecule has 5 nitrogen and oxygen atoms in total. The number of carbonyl (C=O) groups is 1. The number of nitrogens with one attached hydrogen (secondary N) is 1. The standard InChI is InChI=1S/C17H17ClN2O3/c1-2-15(19-20-16-6-4-3-5-14(16)18)12-7-9-13(10-8-12)23-11-17(21)22/h3-10,20H,2,11H2,1H3,(H,21,22)/p-1/b19-15-. The number of halogens is 1. The third-order valence-corrected chi connectivity index (χ3v) is 3.39. The van der Waals surface area contributed by atoms with E-state index < -0.39 is 12.6 Å². The quantitative estimate of drug-likeness (QED) is 0.625. The molecule has 2 rings (SSSR count). The number of benzene rings is 2. The predicted octanol–water partition coefficient (Wildman–Crippen LogP) is 2.69. The Bertz CT molecular complexity index is 699. The molecule has 6 heteroatoms. The number of nitrogens with zero attached hydrogens (tertiary/aromatic N) is 1. The summed E-state index contributed by atoms with van der Waals surface area (Å²) in [6.07, 6.45) is 0.719. The van der Waals surface area contributed by atoms with Crippen molar-refractivity contribution in [2.75, 3.05) is 12.0 Å². The Kier molecular flexibility index (Phi) is 6.00. The molecule has 0 fully saturated rings. The summed E-state index contributed by atoms with van der Waals surface area (Å²) in [6.45, 7) is 1.52. The van der Waals surface area contributed by atoms with Crippen LogP contribution in [0.2, 0.25) is 5.02 Å². The van der Waals surface area contributed by atoms with Crippen LogP contribution in [-0.4, -0.2) is 18.3 Å². The Labute approximate surface area is 139 Å². The molecule has 0 spiro atoms. The number of aliphatic carboxylic acids is 1. The number of hydrogen-bond donors (Lipinski definition) is 1. The molecule has 23 heavy (non-hydrogen) atoms. The summed E-state index contributed by atoms with van der Waals surface area (Å²) >= 11 is 6.08. The summed E-state index contributed by atoms with van der Waals surface area (Å²) in [6, 6.07) is 14.4. The number of carbonyl (C=O) groups excluding carboxylic acids is 1. The Hall–Kier alpha value is -2.53. The molecule has 0 aromatic heterocycles. The molecule has 0 unspecified atom stereocenters. The average molecular weight is 332 g/mol. The Balaban J connectivity index is 2.09. The van der Waals surface area contributed by atoms with Gasteiger partial charge in [0.15, 0.2) is 0 Å². The molecule has 2 aromatic rings. The van der Waals surface area contributed by atoms with Crippen molar-refractivity contribution in [3.8, 4) is 5.75 Å². The van der Waals surface area contributed by atoms with Crippen LogP contribution in [0.5, 0.6) is 5.75 Å². The lowest BCUT2D eigenvalue weighted by atomic mass is 10.1. The summed E-state index contributed by atoms with van der Waals surface area (Å²) in [5.74, 6) is -0.790. The minimum atomic E-state index is -1.26. The molecule has 0 aliphatic rings. The largest absolute Gasteiger partial charge is 0.546 e. The summed E-state index contributed by atoms with van der Waals surface area (Å²) in [5, 5.41) is 15.3. The summed E-state index contributed by atoms with van der Waals surface area (Å²) in [5.41, 5.74) is 5.44.